The molecule has 0 aliphatic carbocycles. The van der Waals surface area contributed by atoms with Crippen molar-refractivity contribution in [3.63, 3.8) is 0 Å². The van der Waals surface area contributed by atoms with Gasteiger partial charge >= 0.3 is 0 Å². The summed E-state index contributed by atoms with van der Waals surface area (Å²) in [6.45, 7) is 5.11. The summed E-state index contributed by atoms with van der Waals surface area (Å²) in [5.74, 6) is 0.910. The van der Waals surface area contributed by atoms with Gasteiger partial charge in [0.25, 0.3) is 0 Å². The van der Waals surface area contributed by atoms with Gasteiger partial charge in [-0.2, -0.15) is 0 Å². The number of hydrogen-bond donors (Lipinski definition) is 2. The quantitative estimate of drug-likeness (QED) is 0.719. The Kier molecular flexibility index (Phi) is 4.23. The van der Waals surface area contributed by atoms with Crippen molar-refractivity contribution in [1.29, 1.82) is 0 Å². The van der Waals surface area contributed by atoms with Crippen molar-refractivity contribution >= 4 is 0 Å². The van der Waals surface area contributed by atoms with Crippen molar-refractivity contribution in [2.24, 2.45) is 7.05 Å². The molecule has 0 aliphatic heterocycles. The number of nitrogens with one attached hydrogen (secondary N) is 1. The molecule has 86 valence electrons. The Morgan fingerprint density at radius 3 is 2.80 bits per heavy atom. The molecule has 5 nitrogen and oxygen atoms in total. The van der Waals surface area contributed by atoms with Crippen LogP contribution in [0.1, 0.15) is 32.5 Å². The minimum absolute atomic E-state index is 0.0271. The van der Waals surface area contributed by atoms with Gasteiger partial charge in [0.05, 0.1) is 6.54 Å². The molecule has 0 fully saturated rings. The topological polar surface area (TPSA) is 63.0 Å². The van der Waals surface area contributed by atoms with E-state index in [1.165, 1.54) is 0 Å². The zero-order chi connectivity index (χ0) is 11.3. The summed E-state index contributed by atoms with van der Waals surface area (Å²) < 4.78 is 1.89. The Balaban J connectivity index is 2.51. The summed E-state index contributed by atoms with van der Waals surface area (Å²) in [7, 11) is 1.92. The van der Waals surface area contributed by atoms with Crippen LogP contribution in [0.3, 0.4) is 0 Å². The first kappa shape index (κ1) is 12.1. The predicted octanol–water partition coefficient (Wildman–Crippen LogP) is 0.456. The van der Waals surface area contributed by atoms with Crippen LogP contribution in [0, 0.1) is 0 Å². The molecule has 1 heterocycles. The zero-order valence-corrected chi connectivity index (χ0v) is 9.69. The summed E-state index contributed by atoms with van der Waals surface area (Å²) in [5.41, 5.74) is -0.0271. The van der Waals surface area contributed by atoms with Gasteiger partial charge in [0.1, 0.15) is 12.2 Å². The molecular weight excluding hydrogens is 192 g/mol. The van der Waals surface area contributed by atoms with Gasteiger partial charge < -0.3 is 15.0 Å². The first-order valence-corrected chi connectivity index (χ1v) is 5.30. The summed E-state index contributed by atoms with van der Waals surface area (Å²) in [6, 6.07) is 0. The van der Waals surface area contributed by atoms with Crippen molar-refractivity contribution in [2.45, 2.75) is 38.8 Å². The smallest absolute Gasteiger partial charge is 0.146 e. The summed E-state index contributed by atoms with van der Waals surface area (Å²) in [4.78, 5) is 0. The van der Waals surface area contributed by atoms with E-state index in [1.54, 1.807) is 6.33 Å². The maximum Gasteiger partial charge on any atom is 0.146 e. The molecule has 0 saturated heterocycles. The molecule has 0 aliphatic rings. The number of aliphatic hydroxyl groups is 1. The molecule has 0 radical (unpaired) electrons. The van der Waals surface area contributed by atoms with Crippen LogP contribution in [0.5, 0.6) is 0 Å². The highest BCUT2D eigenvalue weighted by Gasteiger charge is 2.20. The van der Waals surface area contributed by atoms with E-state index in [0.717, 1.165) is 18.7 Å². The van der Waals surface area contributed by atoms with E-state index in [4.69, 9.17) is 5.11 Å². The Labute approximate surface area is 90.5 Å². The fourth-order valence-corrected chi connectivity index (χ4v) is 1.40. The van der Waals surface area contributed by atoms with Crippen LogP contribution in [0.15, 0.2) is 6.33 Å². The lowest BCUT2D eigenvalue weighted by Crippen LogP contribution is -2.42. The van der Waals surface area contributed by atoms with Gasteiger partial charge in [0.15, 0.2) is 0 Å². The van der Waals surface area contributed by atoms with Crippen LogP contribution >= 0.6 is 0 Å². The minimum Gasteiger partial charge on any atom is -0.396 e. The summed E-state index contributed by atoms with van der Waals surface area (Å²) in [6.07, 6.45) is 3.42. The Hall–Kier alpha value is -0.940. The van der Waals surface area contributed by atoms with E-state index in [0.29, 0.717) is 6.54 Å². The number of hydrogen-bond acceptors (Lipinski definition) is 4. The van der Waals surface area contributed by atoms with E-state index >= 15 is 0 Å². The molecule has 0 bridgehead atoms. The highest BCUT2D eigenvalue weighted by atomic mass is 16.3. The van der Waals surface area contributed by atoms with E-state index < -0.39 is 0 Å². The van der Waals surface area contributed by atoms with Gasteiger partial charge in [-0.15, -0.1) is 10.2 Å². The normalized spacial score (nSPS) is 15.2. The fraction of sp³-hybridized carbons (Fsp3) is 0.800. The standard InChI is InChI=1S/C10H20N4O/c1-4-10(2,5-6-15)11-7-9-13-12-8-14(9)3/h8,11,15H,4-7H2,1-3H3. The van der Waals surface area contributed by atoms with Gasteiger partial charge in [0, 0.05) is 19.2 Å². The second kappa shape index (κ2) is 5.23. The Bertz CT molecular complexity index is 299. The third-order valence-electron chi connectivity index (χ3n) is 2.92. The van der Waals surface area contributed by atoms with Gasteiger partial charge in [-0.3, -0.25) is 0 Å². The fourth-order valence-electron chi connectivity index (χ4n) is 1.40. The lowest BCUT2D eigenvalue weighted by atomic mass is 9.95. The third kappa shape index (κ3) is 3.28. The molecule has 1 atom stereocenters. The second-order valence-corrected chi connectivity index (χ2v) is 4.10. The van der Waals surface area contributed by atoms with E-state index in [2.05, 4.69) is 29.4 Å². The summed E-state index contributed by atoms with van der Waals surface area (Å²) >= 11 is 0. The number of nitrogens with zero attached hydrogens (tertiary/aromatic N) is 3. The van der Waals surface area contributed by atoms with E-state index in [1.807, 2.05) is 11.6 Å². The maximum atomic E-state index is 8.97. The van der Waals surface area contributed by atoms with Crippen LogP contribution in [0.25, 0.3) is 0 Å². The second-order valence-electron chi connectivity index (χ2n) is 4.10. The first-order valence-electron chi connectivity index (χ1n) is 5.30. The van der Waals surface area contributed by atoms with Gasteiger partial charge in [-0.25, -0.2) is 0 Å². The van der Waals surface area contributed by atoms with E-state index in [-0.39, 0.29) is 12.1 Å². The van der Waals surface area contributed by atoms with Crippen LogP contribution in [0.4, 0.5) is 0 Å². The molecule has 2 N–H and O–H groups in total. The molecule has 0 amide bonds. The lowest BCUT2D eigenvalue weighted by Gasteiger charge is -2.28. The molecule has 15 heavy (non-hydrogen) atoms. The lowest BCUT2D eigenvalue weighted by molar-refractivity contribution is 0.213. The molecule has 5 heteroatoms. The van der Waals surface area contributed by atoms with Crippen molar-refractivity contribution in [3.05, 3.63) is 12.2 Å². The highest BCUT2D eigenvalue weighted by Crippen LogP contribution is 2.14. The number of aliphatic hydroxyl groups excluding tert-OH is 1. The molecule has 1 rings (SSSR count). The van der Waals surface area contributed by atoms with Crippen LogP contribution in [-0.4, -0.2) is 32.0 Å². The molecule has 0 saturated carbocycles. The van der Waals surface area contributed by atoms with Gasteiger partial charge in [0.2, 0.25) is 0 Å². The molecule has 1 aromatic rings. The molecule has 0 aromatic carbocycles. The van der Waals surface area contributed by atoms with Crippen LogP contribution in [-0.2, 0) is 13.6 Å². The minimum atomic E-state index is -0.0271. The van der Waals surface area contributed by atoms with Crippen molar-refractivity contribution in [1.82, 2.24) is 20.1 Å². The third-order valence-corrected chi connectivity index (χ3v) is 2.92. The average molecular weight is 212 g/mol. The van der Waals surface area contributed by atoms with Crippen molar-refractivity contribution in [2.75, 3.05) is 6.61 Å². The average Bonchev–Trinajstić information content (AvgIpc) is 2.62. The zero-order valence-electron chi connectivity index (χ0n) is 9.69. The number of aryl methyl sites for hydroxylation is 1. The van der Waals surface area contributed by atoms with Crippen LogP contribution in [0.2, 0.25) is 0 Å². The molecule has 1 unspecified atom stereocenters. The van der Waals surface area contributed by atoms with Crippen LogP contribution < -0.4 is 5.32 Å². The maximum absolute atomic E-state index is 8.97. The predicted molar refractivity (Wildman–Crippen MR) is 58.2 cm³/mol. The number of rotatable bonds is 6. The monoisotopic (exact) mass is 212 g/mol. The number of aromatic nitrogens is 3. The molecule has 1 aromatic heterocycles. The van der Waals surface area contributed by atoms with Gasteiger partial charge in [-0.1, -0.05) is 6.92 Å². The highest BCUT2D eigenvalue weighted by molar-refractivity contribution is 4.88. The largest absolute Gasteiger partial charge is 0.396 e. The molecular formula is C10H20N4O. The van der Waals surface area contributed by atoms with Crippen molar-refractivity contribution in [3.8, 4) is 0 Å². The Morgan fingerprint density at radius 1 is 1.60 bits per heavy atom. The SMILES string of the molecule is CCC(C)(CCO)NCc1nncn1C. The van der Waals surface area contributed by atoms with Crippen molar-refractivity contribution < 1.29 is 5.11 Å². The van der Waals surface area contributed by atoms with E-state index in [9.17, 15) is 0 Å². The molecule has 0 spiro atoms. The first-order chi connectivity index (χ1) is 7.11. The summed E-state index contributed by atoms with van der Waals surface area (Å²) in [5, 5.41) is 20.2. The van der Waals surface area contributed by atoms with Gasteiger partial charge in [-0.05, 0) is 19.8 Å². The Morgan fingerprint density at radius 2 is 2.33 bits per heavy atom.